The van der Waals surface area contributed by atoms with E-state index in [1.807, 2.05) is 6.07 Å². The van der Waals surface area contributed by atoms with Crippen LogP contribution in [0.3, 0.4) is 0 Å². The third kappa shape index (κ3) is 3.64. The predicted octanol–water partition coefficient (Wildman–Crippen LogP) is 11.5. The van der Waals surface area contributed by atoms with Gasteiger partial charge in [0.15, 0.2) is 5.58 Å². The Labute approximate surface area is 273 Å². The summed E-state index contributed by atoms with van der Waals surface area (Å²) in [5.41, 5.74) is 18.6. The molecule has 2 nitrogen and oxygen atoms in total. The molecule has 220 valence electrons. The molecule has 2 aliphatic carbocycles. The van der Waals surface area contributed by atoms with Gasteiger partial charge in [0.1, 0.15) is 5.52 Å². The third-order valence-corrected chi connectivity index (χ3v) is 10.2. The molecule has 1 heterocycles. The van der Waals surface area contributed by atoms with Crippen LogP contribution in [0.1, 0.15) is 27.8 Å². The van der Waals surface area contributed by atoms with Crippen molar-refractivity contribution >= 4 is 11.1 Å². The van der Waals surface area contributed by atoms with Crippen LogP contribution in [0.25, 0.3) is 67.1 Å². The van der Waals surface area contributed by atoms with E-state index in [0.717, 1.165) is 33.4 Å². The molecule has 0 atom stereocenters. The average molecular weight is 600 g/mol. The Kier molecular flexibility index (Phi) is 5.45. The van der Waals surface area contributed by atoms with Crippen molar-refractivity contribution in [3.8, 4) is 56.0 Å². The van der Waals surface area contributed by atoms with E-state index in [9.17, 15) is 0 Å². The van der Waals surface area contributed by atoms with Gasteiger partial charge in [-0.1, -0.05) is 127 Å². The lowest BCUT2D eigenvalue weighted by molar-refractivity contribution is 0.620. The Morgan fingerprint density at radius 3 is 1.57 bits per heavy atom. The molecule has 0 fully saturated rings. The summed E-state index contributed by atoms with van der Waals surface area (Å²) in [5, 5.41) is 0. The SMILES string of the molecule is Cc1cc(-c2ccc3c(c2)C2(c4ccccc4-c4ccccc42)c2ccccc2-3)c2oc(-c3ccc(-c4ccccc4)cc3)nc2c1. The minimum atomic E-state index is -0.384. The van der Waals surface area contributed by atoms with Crippen LogP contribution in [0, 0.1) is 6.92 Å². The largest absolute Gasteiger partial charge is 0.435 e. The van der Waals surface area contributed by atoms with E-state index < -0.39 is 0 Å². The molecule has 1 spiro atoms. The molecule has 8 aromatic rings. The lowest BCUT2D eigenvalue weighted by atomic mass is 9.70. The molecule has 0 radical (unpaired) electrons. The van der Waals surface area contributed by atoms with Crippen LogP contribution in [0.2, 0.25) is 0 Å². The second kappa shape index (κ2) is 9.75. The third-order valence-electron chi connectivity index (χ3n) is 10.2. The molecule has 2 heteroatoms. The number of oxazole rings is 1. The summed E-state index contributed by atoms with van der Waals surface area (Å²) < 4.78 is 6.64. The minimum absolute atomic E-state index is 0.384. The summed E-state index contributed by atoms with van der Waals surface area (Å²) in [7, 11) is 0. The maximum Gasteiger partial charge on any atom is 0.227 e. The first-order valence-electron chi connectivity index (χ1n) is 16.2. The first-order valence-corrected chi connectivity index (χ1v) is 16.2. The highest BCUT2D eigenvalue weighted by Gasteiger charge is 2.51. The van der Waals surface area contributed by atoms with Crippen LogP contribution < -0.4 is 0 Å². The fraction of sp³-hybridized carbons (Fsp3) is 0.0444. The molecule has 0 amide bonds. The fourth-order valence-electron chi connectivity index (χ4n) is 8.21. The zero-order chi connectivity index (χ0) is 31.1. The molecule has 0 saturated heterocycles. The highest BCUT2D eigenvalue weighted by Crippen LogP contribution is 2.63. The fourth-order valence-corrected chi connectivity index (χ4v) is 8.21. The van der Waals surface area contributed by atoms with E-state index in [1.54, 1.807) is 0 Å². The van der Waals surface area contributed by atoms with Crippen LogP contribution in [0.4, 0.5) is 0 Å². The average Bonchev–Trinajstić information content (AvgIpc) is 3.78. The van der Waals surface area contributed by atoms with E-state index in [0.29, 0.717) is 5.89 Å². The number of nitrogens with zero attached hydrogens (tertiary/aromatic N) is 1. The van der Waals surface area contributed by atoms with Gasteiger partial charge in [-0.3, -0.25) is 0 Å². The van der Waals surface area contributed by atoms with E-state index >= 15 is 0 Å². The molecule has 1 aromatic heterocycles. The van der Waals surface area contributed by atoms with Crippen molar-refractivity contribution < 1.29 is 4.42 Å². The molecular weight excluding hydrogens is 571 g/mol. The number of aromatic nitrogens is 1. The summed E-state index contributed by atoms with van der Waals surface area (Å²) in [4.78, 5) is 5.00. The topological polar surface area (TPSA) is 26.0 Å². The number of benzene rings is 7. The molecule has 0 saturated carbocycles. The van der Waals surface area contributed by atoms with Crippen molar-refractivity contribution in [3.63, 3.8) is 0 Å². The monoisotopic (exact) mass is 599 g/mol. The van der Waals surface area contributed by atoms with Crippen LogP contribution in [0.15, 0.2) is 162 Å². The van der Waals surface area contributed by atoms with Gasteiger partial charge in [-0.2, -0.15) is 0 Å². The summed E-state index contributed by atoms with van der Waals surface area (Å²) in [6.45, 7) is 2.14. The second-order valence-electron chi connectivity index (χ2n) is 12.8. The zero-order valence-corrected chi connectivity index (χ0v) is 25.9. The first-order chi connectivity index (χ1) is 23.2. The van der Waals surface area contributed by atoms with Gasteiger partial charge in [0, 0.05) is 11.1 Å². The molecule has 7 aromatic carbocycles. The van der Waals surface area contributed by atoms with Gasteiger partial charge >= 0.3 is 0 Å². The highest BCUT2D eigenvalue weighted by molar-refractivity contribution is 5.98. The van der Waals surface area contributed by atoms with Crippen molar-refractivity contribution in [1.82, 2.24) is 4.98 Å². The maximum atomic E-state index is 6.64. The molecule has 47 heavy (non-hydrogen) atoms. The van der Waals surface area contributed by atoms with Crippen LogP contribution in [-0.4, -0.2) is 4.98 Å². The van der Waals surface area contributed by atoms with Crippen molar-refractivity contribution in [2.24, 2.45) is 0 Å². The summed E-state index contributed by atoms with van der Waals surface area (Å²) in [6.07, 6.45) is 0. The van der Waals surface area contributed by atoms with Crippen molar-refractivity contribution in [1.29, 1.82) is 0 Å². The number of hydrogen-bond donors (Lipinski definition) is 0. The lowest BCUT2D eigenvalue weighted by Gasteiger charge is -2.30. The van der Waals surface area contributed by atoms with Crippen molar-refractivity contribution in [2.45, 2.75) is 12.3 Å². The van der Waals surface area contributed by atoms with Gasteiger partial charge in [0.05, 0.1) is 5.41 Å². The van der Waals surface area contributed by atoms with Gasteiger partial charge in [-0.15, -0.1) is 0 Å². The Hall–Kier alpha value is -5.99. The second-order valence-corrected chi connectivity index (χ2v) is 12.8. The molecule has 0 unspecified atom stereocenters. The van der Waals surface area contributed by atoms with Gasteiger partial charge < -0.3 is 4.42 Å². The van der Waals surface area contributed by atoms with Gasteiger partial charge in [0.25, 0.3) is 0 Å². The van der Waals surface area contributed by atoms with E-state index in [1.165, 1.54) is 55.6 Å². The Morgan fingerprint density at radius 1 is 0.426 bits per heavy atom. The van der Waals surface area contributed by atoms with Crippen molar-refractivity contribution in [3.05, 3.63) is 186 Å². The van der Waals surface area contributed by atoms with E-state index in [4.69, 9.17) is 9.40 Å². The number of aryl methyl sites for hydroxylation is 1. The highest BCUT2D eigenvalue weighted by atomic mass is 16.3. The Morgan fingerprint density at radius 2 is 0.936 bits per heavy atom. The molecule has 0 N–H and O–H groups in total. The van der Waals surface area contributed by atoms with Gasteiger partial charge in [-0.05, 0) is 104 Å². The van der Waals surface area contributed by atoms with Gasteiger partial charge in [0.2, 0.25) is 5.89 Å². The summed E-state index contributed by atoms with van der Waals surface area (Å²) in [6, 6.07) is 57.1. The molecule has 0 aliphatic heterocycles. The van der Waals surface area contributed by atoms with Gasteiger partial charge in [-0.25, -0.2) is 4.98 Å². The molecule has 2 aliphatic rings. The van der Waals surface area contributed by atoms with Crippen LogP contribution in [0.5, 0.6) is 0 Å². The van der Waals surface area contributed by atoms with E-state index in [2.05, 4.69) is 159 Å². The van der Waals surface area contributed by atoms with Crippen molar-refractivity contribution in [2.75, 3.05) is 0 Å². The van der Waals surface area contributed by atoms with E-state index in [-0.39, 0.29) is 5.41 Å². The standard InChI is InChI=1S/C45H29NO/c1-28-25-37(43-42(26-28)46-44(47-43)31-21-19-30(20-22-31)29-11-3-2-4-12-29)32-23-24-36-35-15-7-10-18-40(35)45(41(36)27-32)38-16-8-5-13-33(38)34-14-6-9-17-39(34)45/h2-27H,1H3. The normalized spacial score (nSPS) is 13.4. The maximum absolute atomic E-state index is 6.64. The number of hydrogen-bond acceptors (Lipinski definition) is 2. The lowest BCUT2D eigenvalue weighted by Crippen LogP contribution is -2.25. The molecular formula is C45H29NO. The zero-order valence-electron chi connectivity index (χ0n) is 25.9. The quantitative estimate of drug-likeness (QED) is 0.202. The molecule has 10 rings (SSSR count). The minimum Gasteiger partial charge on any atom is -0.435 e. The number of fused-ring (bicyclic) bond motifs is 11. The number of rotatable bonds is 3. The molecule has 0 bridgehead atoms. The Balaban J connectivity index is 1.16. The first kappa shape index (κ1) is 26.2. The van der Waals surface area contributed by atoms with Crippen LogP contribution in [-0.2, 0) is 5.41 Å². The summed E-state index contributed by atoms with van der Waals surface area (Å²) >= 11 is 0. The predicted molar refractivity (Wildman–Crippen MR) is 191 cm³/mol. The smallest absolute Gasteiger partial charge is 0.227 e. The Bertz CT molecular complexity index is 2460. The van der Waals surface area contributed by atoms with Crippen LogP contribution >= 0.6 is 0 Å². The summed E-state index contributed by atoms with van der Waals surface area (Å²) in [5.74, 6) is 0.634.